The number of nitrogens with one attached hydrogen (secondary N) is 1. The third kappa shape index (κ3) is 2.38. The molecule has 0 fully saturated rings. The number of aromatic amines is 1. The summed E-state index contributed by atoms with van der Waals surface area (Å²) in [6.07, 6.45) is 6.69. The summed E-state index contributed by atoms with van der Waals surface area (Å²) in [5.41, 5.74) is -0.324. The highest BCUT2D eigenvalue weighted by Gasteiger charge is 2.25. The fourth-order valence-corrected chi connectivity index (χ4v) is 1.56. The molecule has 96 valence electrons. The van der Waals surface area contributed by atoms with Crippen LogP contribution in [0.2, 0.25) is 0 Å². The van der Waals surface area contributed by atoms with Crippen molar-refractivity contribution in [1.29, 1.82) is 0 Å². The molecular formula is C14H13N3O2. The highest BCUT2D eigenvalue weighted by Crippen LogP contribution is 2.18. The lowest BCUT2D eigenvalue weighted by atomic mass is 9.90. The van der Waals surface area contributed by atoms with Crippen molar-refractivity contribution >= 4 is 16.8 Å². The van der Waals surface area contributed by atoms with Gasteiger partial charge in [0.25, 0.3) is 5.56 Å². The number of fused-ring (bicyclic) bond motifs is 1. The molecule has 0 amide bonds. The first-order valence-corrected chi connectivity index (χ1v) is 5.74. The molecule has 0 unspecified atom stereocenters. The molecule has 0 bridgehead atoms. The second-order valence-corrected chi connectivity index (χ2v) is 5.23. The van der Waals surface area contributed by atoms with Crippen LogP contribution in [0.15, 0.2) is 17.1 Å². The Kier molecular flexibility index (Phi) is 2.95. The average Bonchev–Trinajstić information content (AvgIpc) is 2.36. The van der Waals surface area contributed by atoms with Gasteiger partial charge in [0.1, 0.15) is 0 Å². The van der Waals surface area contributed by atoms with E-state index in [0.29, 0.717) is 5.56 Å². The predicted molar refractivity (Wildman–Crippen MR) is 71.9 cm³/mol. The van der Waals surface area contributed by atoms with Crippen molar-refractivity contribution in [2.45, 2.75) is 20.8 Å². The number of carbonyl (C=O) groups excluding carboxylic acids is 1. The smallest absolute Gasteiger partial charge is 0.260 e. The van der Waals surface area contributed by atoms with Gasteiger partial charge in [-0.1, -0.05) is 26.7 Å². The molecule has 0 aliphatic heterocycles. The van der Waals surface area contributed by atoms with Crippen LogP contribution in [0.1, 0.15) is 37.0 Å². The maximum absolute atomic E-state index is 12.1. The van der Waals surface area contributed by atoms with Crippen molar-refractivity contribution in [1.82, 2.24) is 15.0 Å². The number of ketones is 1. The highest BCUT2D eigenvalue weighted by molar-refractivity contribution is 5.97. The number of H-pyrrole nitrogens is 1. The van der Waals surface area contributed by atoms with Gasteiger partial charge < -0.3 is 4.98 Å². The van der Waals surface area contributed by atoms with E-state index in [1.54, 1.807) is 20.8 Å². The topological polar surface area (TPSA) is 75.7 Å². The van der Waals surface area contributed by atoms with Gasteiger partial charge in [0, 0.05) is 17.2 Å². The highest BCUT2D eigenvalue weighted by atomic mass is 16.1. The summed E-state index contributed by atoms with van der Waals surface area (Å²) >= 11 is 0. The Morgan fingerprint density at radius 2 is 2.11 bits per heavy atom. The zero-order valence-corrected chi connectivity index (χ0v) is 10.9. The van der Waals surface area contributed by atoms with E-state index >= 15 is 0 Å². The lowest BCUT2D eigenvalue weighted by molar-refractivity contribution is 0.0847. The molecule has 0 aliphatic carbocycles. The second kappa shape index (κ2) is 4.32. The summed E-state index contributed by atoms with van der Waals surface area (Å²) in [6, 6.07) is 1.53. The summed E-state index contributed by atoms with van der Waals surface area (Å²) in [5, 5.41) is 0.279. The van der Waals surface area contributed by atoms with E-state index < -0.39 is 11.0 Å². The van der Waals surface area contributed by atoms with Gasteiger partial charge in [0.05, 0.1) is 5.39 Å². The summed E-state index contributed by atoms with van der Waals surface area (Å²) in [5.74, 6) is 2.18. The van der Waals surface area contributed by atoms with E-state index in [4.69, 9.17) is 6.42 Å². The quantitative estimate of drug-likeness (QED) is 0.619. The van der Waals surface area contributed by atoms with Crippen molar-refractivity contribution in [3.63, 3.8) is 0 Å². The predicted octanol–water partition coefficient (Wildman–Crippen LogP) is 1.53. The van der Waals surface area contributed by atoms with Gasteiger partial charge in [-0.3, -0.25) is 9.59 Å². The maximum atomic E-state index is 12.1. The number of nitrogens with zero attached hydrogens (tertiary/aromatic N) is 2. The van der Waals surface area contributed by atoms with Crippen LogP contribution < -0.4 is 5.56 Å². The zero-order valence-electron chi connectivity index (χ0n) is 10.9. The molecular weight excluding hydrogens is 242 g/mol. The molecule has 0 aliphatic rings. The lowest BCUT2D eigenvalue weighted by Crippen LogP contribution is -2.26. The van der Waals surface area contributed by atoms with E-state index in [1.165, 1.54) is 12.3 Å². The van der Waals surface area contributed by atoms with Gasteiger partial charge in [-0.15, -0.1) is 6.42 Å². The molecule has 0 aromatic carbocycles. The van der Waals surface area contributed by atoms with Crippen LogP contribution >= 0.6 is 0 Å². The summed E-state index contributed by atoms with van der Waals surface area (Å²) < 4.78 is 0. The van der Waals surface area contributed by atoms with Gasteiger partial charge in [-0.05, 0) is 6.07 Å². The Hall–Kier alpha value is -2.48. The standard InChI is InChI=1S/C14H13N3O2/c1-5-8-6-9-11(15-7-8)16-12(17-13(9)19)10(18)14(2,3)4/h1,6-7H,2-4H3,(H,15,16,17,19). The minimum Gasteiger partial charge on any atom is -0.303 e. The molecule has 0 atom stereocenters. The molecule has 0 saturated carbocycles. The van der Waals surface area contributed by atoms with Crippen LogP contribution in [-0.4, -0.2) is 20.7 Å². The van der Waals surface area contributed by atoms with E-state index in [-0.39, 0.29) is 22.6 Å². The fraction of sp³-hybridized carbons (Fsp3) is 0.286. The fourth-order valence-electron chi connectivity index (χ4n) is 1.56. The third-order valence-electron chi connectivity index (χ3n) is 2.62. The molecule has 19 heavy (non-hydrogen) atoms. The lowest BCUT2D eigenvalue weighted by Gasteiger charge is -2.15. The van der Waals surface area contributed by atoms with Gasteiger partial charge in [-0.25, -0.2) is 9.97 Å². The number of aromatic nitrogens is 3. The number of rotatable bonds is 1. The number of Topliss-reactive ketones (excluding diaryl/α,β-unsaturated/α-hetero) is 1. The van der Waals surface area contributed by atoms with E-state index in [1.807, 2.05) is 0 Å². The average molecular weight is 255 g/mol. The van der Waals surface area contributed by atoms with Crippen LogP contribution in [0.25, 0.3) is 11.0 Å². The summed E-state index contributed by atoms with van der Waals surface area (Å²) in [7, 11) is 0. The van der Waals surface area contributed by atoms with Crippen molar-refractivity contribution in [2.75, 3.05) is 0 Å². The molecule has 5 heteroatoms. The molecule has 0 radical (unpaired) electrons. The number of carbonyl (C=O) groups is 1. The number of pyridine rings is 1. The van der Waals surface area contributed by atoms with Crippen molar-refractivity contribution < 1.29 is 4.79 Å². The van der Waals surface area contributed by atoms with E-state index in [0.717, 1.165) is 0 Å². The van der Waals surface area contributed by atoms with Gasteiger partial charge >= 0.3 is 0 Å². The van der Waals surface area contributed by atoms with Crippen LogP contribution in [-0.2, 0) is 0 Å². The van der Waals surface area contributed by atoms with Crippen LogP contribution in [0.3, 0.4) is 0 Å². The Bertz CT molecular complexity index is 761. The van der Waals surface area contributed by atoms with Crippen LogP contribution in [0.5, 0.6) is 0 Å². The number of hydrogen-bond acceptors (Lipinski definition) is 4. The SMILES string of the molecule is C#Cc1cnc2nc(C(=O)C(C)(C)C)[nH]c(=O)c2c1. The van der Waals surface area contributed by atoms with Gasteiger partial charge in [0.2, 0.25) is 5.78 Å². The van der Waals surface area contributed by atoms with Crippen molar-refractivity contribution in [3.8, 4) is 12.3 Å². The molecule has 2 heterocycles. The Labute approximate surface area is 110 Å². The number of terminal acetylenes is 1. The first-order chi connectivity index (χ1) is 8.82. The van der Waals surface area contributed by atoms with Crippen molar-refractivity contribution in [2.24, 2.45) is 5.41 Å². The summed E-state index contributed by atoms with van der Waals surface area (Å²) in [6.45, 7) is 5.27. The molecule has 5 nitrogen and oxygen atoms in total. The molecule has 2 aromatic heterocycles. The van der Waals surface area contributed by atoms with Crippen molar-refractivity contribution in [3.05, 3.63) is 34.0 Å². The molecule has 1 N–H and O–H groups in total. The van der Waals surface area contributed by atoms with Gasteiger partial charge in [-0.2, -0.15) is 0 Å². The number of hydrogen-bond donors (Lipinski definition) is 1. The first-order valence-electron chi connectivity index (χ1n) is 5.74. The molecule has 2 rings (SSSR count). The normalized spacial score (nSPS) is 11.3. The zero-order chi connectivity index (χ0) is 14.2. The second-order valence-electron chi connectivity index (χ2n) is 5.23. The first kappa shape index (κ1) is 13.0. The Morgan fingerprint density at radius 3 is 2.68 bits per heavy atom. The largest absolute Gasteiger partial charge is 0.303 e. The van der Waals surface area contributed by atoms with Crippen LogP contribution in [0, 0.1) is 17.8 Å². The molecule has 0 spiro atoms. The summed E-state index contributed by atoms with van der Waals surface area (Å²) in [4.78, 5) is 34.6. The third-order valence-corrected chi connectivity index (χ3v) is 2.62. The van der Waals surface area contributed by atoms with E-state index in [9.17, 15) is 9.59 Å². The molecule has 0 saturated heterocycles. The van der Waals surface area contributed by atoms with Crippen LogP contribution in [0.4, 0.5) is 0 Å². The Balaban J connectivity index is 2.68. The van der Waals surface area contributed by atoms with Gasteiger partial charge in [0.15, 0.2) is 11.5 Å². The van der Waals surface area contributed by atoms with E-state index in [2.05, 4.69) is 20.9 Å². The monoisotopic (exact) mass is 255 g/mol. The maximum Gasteiger partial charge on any atom is 0.260 e. The minimum atomic E-state index is -0.623. The molecule has 2 aromatic rings. The minimum absolute atomic E-state index is 0.0194. The Morgan fingerprint density at radius 1 is 1.42 bits per heavy atom.